The maximum atomic E-state index is 12.7. The van der Waals surface area contributed by atoms with Gasteiger partial charge in [-0.3, -0.25) is 0 Å². The number of cyclic esters (lactones) is 1. The van der Waals surface area contributed by atoms with Crippen molar-refractivity contribution < 1.29 is 23.8 Å². The summed E-state index contributed by atoms with van der Waals surface area (Å²) >= 11 is 1.40. The van der Waals surface area contributed by atoms with Crippen LogP contribution in [0.25, 0.3) is 11.1 Å². The maximum absolute atomic E-state index is 12.7. The summed E-state index contributed by atoms with van der Waals surface area (Å²) in [5.41, 5.74) is 2.04. The van der Waals surface area contributed by atoms with E-state index in [9.17, 15) is 9.59 Å². The van der Waals surface area contributed by atoms with Crippen LogP contribution >= 0.6 is 11.3 Å². The fraction of sp³-hybridized carbons (Fsp3) is 0.400. The molecule has 2 aliphatic rings. The van der Waals surface area contributed by atoms with Crippen molar-refractivity contribution in [3.63, 3.8) is 0 Å². The molecule has 1 aromatic heterocycles. The predicted octanol–water partition coefficient (Wildman–Crippen LogP) is 3.11. The largest absolute Gasteiger partial charge is 0.460 e. The van der Waals surface area contributed by atoms with Gasteiger partial charge in [-0.1, -0.05) is 30.3 Å². The molecule has 2 atom stereocenters. The van der Waals surface area contributed by atoms with E-state index in [-0.39, 0.29) is 6.10 Å². The summed E-state index contributed by atoms with van der Waals surface area (Å²) in [7, 11) is 0. The third-order valence-electron chi connectivity index (χ3n) is 4.67. The monoisotopic (exact) mass is 387 g/mol. The first-order valence-electron chi connectivity index (χ1n) is 9.05. The lowest BCUT2D eigenvalue weighted by Gasteiger charge is -2.28. The van der Waals surface area contributed by atoms with Crippen LogP contribution in [-0.4, -0.2) is 50.4 Å². The van der Waals surface area contributed by atoms with Gasteiger partial charge in [0.25, 0.3) is 0 Å². The van der Waals surface area contributed by atoms with Crippen LogP contribution in [0, 0.1) is 0 Å². The number of anilines is 1. The molecule has 7 heteroatoms. The smallest absolute Gasteiger partial charge is 0.349 e. The fourth-order valence-electron chi connectivity index (χ4n) is 3.31. The zero-order chi connectivity index (χ0) is 18.8. The van der Waals surface area contributed by atoms with E-state index in [2.05, 4.69) is 4.90 Å². The Bertz CT molecular complexity index is 828. The van der Waals surface area contributed by atoms with Gasteiger partial charge >= 0.3 is 11.9 Å². The van der Waals surface area contributed by atoms with Crippen molar-refractivity contribution in [2.45, 2.75) is 25.6 Å². The Morgan fingerprint density at radius 2 is 1.96 bits per heavy atom. The first kappa shape index (κ1) is 18.0. The van der Waals surface area contributed by atoms with Crippen molar-refractivity contribution in [1.29, 1.82) is 0 Å². The molecular formula is C20H21NO5S. The Labute approximate surface area is 161 Å². The van der Waals surface area contributed by atoms with E-state index in [1.165, 1.54) is 11.3 Å². The van der Waals surface area contributed by atoms with Gasteiger partial charge < -0.3 is 19.1 Å². The number of morpholine rings is 1. The first-order valence-corrected chi connectivity index (χ1v) is 9.87. The number of esters is 2. The summed E-state index contributed by atoms with van der Waals surface area (Å²) in [6, 6.07) is 11.8. The van der Waals surface area contributed by atoms with E-state index >= 15 is 0 Å². The Morgan fingerprint density at radius 1 is 1.22 bits per heavy atom. The Morgan fingerprint density at radius 3 is 2.63 bits per heavy atom. The number of ether oxygens (including phenoxy) is 3. The topological polar surface area (TPSA) is 65.1 Å². The molecule has 2 aromatic rings. The molecule has 3 heterocycles. The molecule has 0 aliphatic carbocycles. The molecule has 1 aromatic carbocycles. The SMILES string of the molecule is C[C@H]1C[C@H](OC(=O)c2cc(-c3ccccc3)c(N3CCOCC3)s2)C(=O)O1. The third-order valence-corrected chi connectivity index (χ3v) is 5.85. The summed E-state index contributed by atoms with van der Waals surface area (Å²) < 4.78 is 15.9. The minimum Gasteiger partial charge on any atom is -0.460 e. The number of benzene rings is 1. The van der Waals surface area contributed by atoms with E-state index in [4.69, 9.17) is 14.2 Å². The van der Waals surface area contributed by atoms with E-state index in [0.717, 1.165) is 29.2 Å². The molecule has 2 fully saturated rings. The molecule has 6 nitrogen and oxygen atoms in total. The van der Waals surface area contributed by atoms with E-state index in [0.29, 0.717) is 24.5 Å². The summed E-state index contributed by atoms with van der Waals surface area (Å²) in [4.78, 5) is 27.2. The molecule has 0 N–H and O–H groups in total. The van der Waals surface area contributed by atoms with Crippen LogP contribution in [-0.2, 0) is 19.0 Å². The van der Waals surface area contributed by atoms with Gasteiger partial charge in [0, 0.05) is 25.1 Å². The summed E-state index contributed by atoms with van der Waals surface area (Å²) in [5.74, 6) is -0.947. The van der Waals surface area contributed by atoms with Gasteiger partial charge in [0.05, 0.1) is 18.2 Å². The first-order chi connectivity index (χ1) is 13.1. The van der Waals surface area contributed by atoms with Gasteiger partial charge in [-0.2, -0.15) is 0 Å². The van der Waals surface area contributed by atoms with Crippen LogP contribution in [0.4, 0.5) is 5.00 Å². The molecule has 2 aliphatic heterocycles. The highest BCUT2D eigenvalue weighted by atomic mass is 32.1. The van der Waals surface area contributed by atoms with Gasteiger partial charge in [0.2, 0.25) is 6.10 Å². The van der Waals surface area contributed by atoms with Crippen LogP contribution in [0.1, 0.15) is 23.0 Å². The summed E-state index contributed by atoms with van der Waals surface area (Å²) in [6.45, 7) is 4.68. The van der Waals surface area contributed by atoms with Crippen molar-refractivity contribution in [3.05, 3.63) is 41.3 Å². The molecule has 0 saturated carbocycles. The fourth-order valence-corrected chi connectivity index (χ4v) is 4.43. The quantitative estimate of drug-likeness (QED) is 0.751. The highest BCUT2D eigenvalue weighted by Gasteiger charge is 2.36. The lowest BCUT2D eigenvalue weighted by Crippen LogP contribution is -2.35. The van der Waals surface area contributed by atoms with Gasteiger partial charge in [0.1, 0.15) is 11.0 Å². The second kappa shape index (κ2) is 7.70. The second-order valence-corrected chi connectivity index (χ2v) is 7.70. The standard InChI is InChI=1S/C20H21NO5S/c1-13-11-16(19(22)25-13)26-20(23)17-12-15(14-5-3-2-4-6-14)18(27-17)21-7-9-24-10-8-21/h2-6,12-13,16H,7-11H2,1H3/t13-,16-/m0/s1. The third kappa shape index (κ3) is 3.84. The summed E-state index contributed by atoms with van der Waals surface area (Å²) in [6.07, 6.45) is -0.637. The highest BCUT2D eigenvalue weighted by Crippen LogP contribution is 2.40. The molecular weight excluding hydrogens is 366 g/mol. The van der Waals surface area contributed by atoms with E-state index in [1.54, 1.807) is 6.92 Å². The normalized spacial score (nSPS) is 22.6. The number of nitrogens with zero attached hydrogens (tertiary/aromatic N) is 1. The molecule has 0 amide bonds. The molecule has 27 heavy (non-hydrogen) atoms. The molecule has 2 saturated heterocycles. The van der Waals surface area contributed by atoms with Crippen LogP contribution in [0.15, 0.2) is 36.4 Å². The number of thiophene rings is 1. The number of carbonyl (C=O) groups is 2. The Hall–Kier alpha value is -2.38. The minimum atomic E-state index is -0.818. The highest BCUT2D eigenvalue weighted by molar-refractivity contribution is 7.18. The minimum absolute atomic E-state index is 0.220. The van der Waals surface area contributed by atoms with Crippen LogP contribution in [0.5, 0.6) is 0 Å². The maximum Gasteiger partial charge on any atom is 0.349 e. The molecule has 0 unspecified atom stereocenters. The molecule has 4 rings (SSSR count). The van der Waals surface area contributed by atoms with Gasteiger partial charge in [-0.25, -0.2) is 9.59 Å². The van der Waals surface area contributed by atoms with Crippen LogP contribution in [0.3, 0.4) is 0 Å². The van der Waals surface area contributed by atoms with Crippen LogP contribution < -0.4 is 4.90 Å². The number of rotatable bonds is 4. The van der Waals surface area contributed by atoms with E-state index < -0.39 is 18.0 Å². The van der Waals surface area contributed by atoms with Gasteiger partial charge in [-0.15, -0.1) is 11.3 Å². The Kier molecular flexibility index (Phi) is 5.13. The average molecular weight is 387 g/mol. The predicted molar refractivity (Wildman–Crippen MR) is 102 cm³/mol. The number of hydrogen-bond donors (Lipinski definition) is 0. The zero-order valence-electron chi connectivity index (χ0n) is 15.1. The lowest BCUT2D eigenvalue weighted by atomic mass is 10.1. The van der Waals surface area contributed by atoms with Crippen LogP contribution in [0.2, 0.25) is 0 Å². The number of hydrogen-bond acceptors (Lipinski definition) is 7. The average Bonchev–Trinajstić information content (AvgIpc) is 3.27. The van der Waals surface area contributed by atoms with Crippen molar-refractivity contribution in [3.8, 4) is 11.1 Å². The van der Waals surface area contributed by atoms with Gasteiger partial charge in [-0.05, 0) is 18.6 Å². The molecule has 0 radical (unpaired) electrons. The van der Waals surface area contributed by atoms with Gasteiger partial charge in [0.15, 0.2) is 0 Å². The van der Waals surface area contributed by atoms with E-state index in [1.807, 2.05) is 36.4 Å². The van der Waals surface area contributed by atoms with Crippen molar-refractivity contribution >= 4 is 28.3 Å². The number of carbonyl (C=O) groups excluding carboxylic acids is 2. The zero-order valence-corrected chi connectivity index (χ0v) is 15.9. The summed E-state index contributed by atoms with van der Waals surface area (Å²) in [5, 5.41) is 1.03. The van der Waals surface area contributed by atoms with Crippen molar-refractivity contribution in [2.75, 3.05) is 31.2 Å². The van der Waals surface area contributed by atoms with Crippen molar-refractivity contribution in [2.24, 2.45) is 0 Å². The second-order valence-electron chi connectivity index (χ2n) is 6.67. The molecule has 0 spiro atoms. The van der Waals surface area contributed by atoms with Crippen molar-refractivity contribution in [1.82, 2.24) is 0 Å². The molecule has 142 valence electrons. The Balaban J connectivity index is 1.62. The lowest BCUT2D eigenvalue weighted by molar-refractivity contribution is -0.147. The molecule has 0 bridgehead atoms.